The Bertz CT molecular complexity index is 1260. The lowest BCUT2D eigenvalue weighted by atomic mass is 10.0. The molecule has 4 aromatic carbocycles. The van der Waals surface area contributed by atoms with Gasteiger partial charge in [0.15, 0.2) is 5.78 Å². The van der Waals surface area contributed by atoms with E-state index in [1.54, 1.807) is 78.9 Å². The van der Waals surface area contributed by atoms with Gasteiger partial charge in [-0.1, -0.05) is 60.7 Å². The SMILES string of the molecule is O=C(/C=C/c1ccc(C(=O)c2ccc(OCCOc3ccccc3)cc2)cc1)Oc1ccccc1. The van der Waals surface area contributed by atoms with Gasteiger partial charge >= 0.3 is 5.97 Å². The Hall–Kier alpha value is -4.64. The highest BCUT2D eigenvalue weighted by atomic mass is 16.5. The van der Waals surface area contributed by atoms with Crippen molar-refractivity contribution in [2.45, 2.75) is 0 Å². The number of hydrogen-bond acceptors (Lipinski definition) is 5. The first-order chi connectivity index (χ1) is 17.2. The topological polar surface area (TPSA) is 61.8 Å². The summed E-state index contributed by atoms with van der Waals surface area (Å²) >= 11 is 0. The van der Waals surface area contributed by atoms with Crippen molar-refractivity contribution in [2.75, 3.05) is 13.2 Å². The summed E-state index contributed by atoms with van der Waals surface area (Å²) in [7, 11) is 0. The molecule has 5 heteroatoms. The van der Waals surface area contributed by atoms with Crippen LogP contribution >= 0.6 is 0 Å². The Balaban J connectivity index is 1.26. The smallest absolute Gasteiger partial charge is 0.336 e. The molecule has 0 unspecified atom stereocenters. The molecule has 0 aliphatic rings. The summed E-state index contributed by atoms with van der Waals surface area (Å²) in [5.41, 5.74) is 1.90. The van der Waals surface area contributed by atoms with Crippen LogP contribution in [0.15, 0.2) is 115 Å². The van der Waals surface area contributed by atoms with Crippen LogP contribution in [0.2, 0.25) is 0 Å². The van der Waals surface area contributed by atoms with Gasteiger partial charge in [0, 0.05) is 17.2 Å². The van der Waals surface area contributed by atoms with E-state index in [4.69, 9.17) is 14.2 Å². The number of ketones is 1. The standard InChI is InChI=1S/C30H24O5/c31-29(35-28-9-5-2-6-10-28)20-13-23-11-14-24(15-12-23)30(32)25-16-18-27(19-17-25)34-22-21-33-26-7-3-1-4-8-26/h1-20H,21-22H2/b20-13+. The van der Waals surface area contributed by atoms with Crippen LogP contribution in [0.4, 0.5) is 0 Å². The first-order valence-electron chi connectivity index (χ1n) is 11.2. The molecule has 4 rings (SSSR count). The Kier molecular flexibility index (Phi) is 8.06. The highest BCUT2D eigenvalue weighted by Crippen LogP contribution is 2.17. The molecule has 0 saturated carbocycles. The number of para-hydroxylation sites is 2. The van der Waals surface area contributed by atoms with Gasteiger partial charge in [-0.2, -0.15) is 0 Å². The third-order valence-corrected chi connectivity index (χ3v) is 5.03. The highest BCUT2D eigenvalue weighted by Gasteiger charge is 2.09. The number of carbonyl (C=O) groups excluding carboxylic acids is 2. The van der Waals surface area contributed by atoms with Crippen molar-refractivity contribution in [1.82, 2.24) is 0 Å². The summed E-state index contributed by atoms with van der Waals surface area (Å²) in [5.74, 6) is 1.39. The Morgan fingerprint density at radius 3 is 1.63 bits per heavy atom. The fourth-order valence-corrected chi connectivity index (χ4v) is 3.25. The molecular weight excluding hydrogens is 440 g/mol. The maximum Gasteiger partial charge on any atom is 0.336 e. The van der Waals surface area contributed by atoms with Crippen molar-refractivity contribution in [2.24, 2.45) is 0 Å². The minimum Gasteiger partial charge on any atom is -0.490 e. The van der Waals surface area contributed by atoms with E-state index in [0.29, 0.717) is 35.8 Å². The van der Waals surface area contributed by atoms with Crippen LogP contribution in [0.25, 0.3) is 6.08 Å². The third kappa shape index (κ3) is 7.17. The molecule has 174 valence electrons. The van der Waals surface area contributed by atoms with Crippen molar-refractivity contribution >= 4 is 17.8 Å². The fraction of sp³-hybridized carbons (Fsp3) is 0.0667. The molecule has 0 atom stereocenters. The lowest BCUT2D eigenvalue weighted by Crippen LogP contribution is -2.09. The van der Waals surface area contributed by atoms with E-state index in [0.717, 1.165) is 11.3 Å². The molecule has 0 aliphatic heterocycles. The van der Waals surface area contributed by atoms with Crippen LogP contribution < -0.4 is 14.2 Å². The molecule has 0 aliphatic carbocycles. The maximum atomic E-state index is 12.8. The second-order valence-electron chi connectivity index (χ2n) is 7.55. The van der Waals surface area contributed by atoms with Crippen molar-refractivity contribution in [1.29, 1.82) is 0 Å². The molecule has 0 radical (unpaired) electrons. The van der Waals surface area contributed by atoms with Crippen LogP contribution in [-0.4, -0.2) is 25.0 Å². The van der Waals surface area contributed by atoms with Gasteiger partial charge in [0.1, 0.15) is 30.5 Å². The zero-order valence-electron chi connectivity index (χ0n) is 19.0. The van der Waals surface area contributed by atoms with Gasteiger partial charge in [0.25, 0.3) is 0 Å². The van der Waals surface area contributed by atoms with Crippen LogP contribution in [0.3, 0.4) is 0 Å². The van der Waals surface area contributed by atoms with Crippen LogP contribution in [0.1, 0.15) is 21.5 Å². The summed E-state index contributed by atoms with van der Waals surface area (Å²) in [6.07, 6.45) is 3.00. The molecule has 5 nitrogen and oxygen atoms in total. The van der Waals surface area contributed by atoms with Crippen molar-refractivity contribution < 1.29 is 23.8 Å². The van der Waals surface area contributed by atoms with Crippen molar-refractivity contribution in [3.8, 4) is 17.2 Å². The number of carbonyl (C=O) groups is 2. The normalized spacial score (nSPS) is 10.6. The Morgan fingerprint density at radius 2 is 1.06 bits per heavy atom. The van der Waals surface area contributed by atoms with Crippen LogP contribution in [-0.2, 0) is 4.79 Å². The molecule has 0 heterocycles. The predicted molar refractivity (Wildman–Crippen MR) is 135 cm³/mol. The van der Waals surface area contributed by atoms with Gasteiger partial charge in [-0.15, -0.1) is 0 Å². The highest BCUT2D eigenvalue weighted by molar-refractivity contribution is 6.09. The molecular formula is C30H24O5. The zero-order chi connectivity index (χ0) is 24.3. The first kappa shape index (κ1) is 23.5. The predicted octanol–water partition coefficient (Wildman–Crippen LogP) is 5.99. The Morgan fingerprint density at radius 1 is 0.571 bits per heavy atom. The molecule has 0 fully saturated rings. The van der Waals surface area contributed by atoms with Gasteiger partial charge in [-0.25, -0.2) is 4.79 Å². The van der Waals surface area contributed by atoms with Crippen molar-refractivity contribution in [3.63, 3.8) is 0 Å². The lowest BCUT2D eigenvalue weighted by molar-refractivity contribution is -0.128. The van der Waals surface area contributed by atoms with Gasteiger partial charge in [0.05, 0.1) is 0 Å². The average Bonchev–Trinajstić information content (AvgIpc) is 2.91. The van der Waals surface area contributed by atoms with E-state index >= 15 is 0 Å². The number of esters is 1. The molecule has 0 aromatic heterocycles. The first-order valence-corrected chi connectivity index (χ1v) is 11.2. The van der Waals surface area contributed by atoms with E-state index < -0.39 is 5.97 Å². The molecule has 0 amide bonds. The van der Waals surface area contributed by atoms with Crippen LogP contribution in [0.5, 0.6) is 17.2 Å². The summed E-state index contributed by atoms with van der Waals surface area (Å²) in [6, 6.07) is 32.5. The molecule has 0 spiro atoms. The van der Waals surface area contributed by atoms with Gasteiger partial charge in [-0.3, -0.25) is 4.79 Å². The fourth-order valence-electron chi connectivity index (χ4n) is 3.25. The van der Waals surface area contributed by atoms with E-state index in [-0.39, 0.29) is 5.78 Å². The van der Waals surface area contributed by atoms with E-state index in [2.05, 4.69) is 0 Å². The lowest BCUT2D eigenvalue weighted by Gasteiger charge is -2.09. The van der Waals surface area contributed by atoms with Gasteiger partial charge < -0.3 is 14.2 Å². The second-order valence-corrected chi connectivity index (χ2v) is 7.55. The molecule has 0 bridgehead atoms. The Labute approximate surface area is 204 Å². The summed E-state index contributed by atoms with van der Waals surface area (Å²) in [4.78, 5) is 24.7. The zero-order valence-corrected chi connectivity index (χ0v) is 19.0. The van der Waals surface area contributed by atoms with Crippen molar-refractivity contribution in [3.05, 3.63) is 132 Å². The largest absolute Gasteiger partial charge is 0.490 e. The maximum absolute atomic E-state index is 12.8. The molecule has 0 N–H and O–H groups in total. The number of benzene rings is 4. The molecule has 35 heavy (non-hydrogen) atoms. The summed E-state index contributed by atoms with van der Waals surface area (Å²) in [6.45, 7) is 0.825. The minimum absolute atomic E-state index is 0.0945. The number of ether oxygens (including phenoxy) is 3. The quantitative estimate of drug-likeness (QED) is 0.0948. The van der Waals surface area contributed by atoms with E-state index in [1.807, 2.05) is 36.4 Å². The van der Waals surface area contributed by atoms with Crippen LogP contribution in [0, 0.1) is 0 Å². The molecule has 0 saturated heterocycles. The average molecular weight is 465 g/mol. The number of rotatable bonds is 10. The summed E-state index contributed by atoms with van der Waals surface area (Å²) < 4.78 is 16.5. The number of hydrogen-bond donors (Lipinski definition) is 0. The second kappa shape index (κ2) is 12.0. The van der Waals surface area contributed by atoms with E-state index in [9.17, 15) is 9.59 Å². The molecule has 4 aromatic rings. The monoisotopic (exact) mass is 464 g/mol. The van der Waals surface area contributed by atoms with Gasteiger partial charge in [-0.05, 0) is 60.2 Å². The van der Waals surface area contributed by atoms with E-state index in [1.165, 1.54) is 6.08 Å². The van der Waals surface area contributed by atoms with Gasteiger partial charge in [0.2, 0.25) is 0 Å². The third-order valence-electron chi connectivity index (χ3n) is 5.03. The minimum atomic E-state index is -0.467. The summed E-state index contributed by atoms with van der Waals surface area (Å²) in [5, 5.41) is 0.